The zero-order chi connectivity index (χ0) is 13.9. The number of aromatic nitrogens is 1. The van der Waals surface area contributed by atoms with E-state index < -0.39 is 0 Å². The molecule has 0 amide bonds. The fourth-order valence-electron chi connectivity index (χ4n) is 2.39. The number of nitrogens with two attached hydrogens (primary N) is 1. The van der Waals surface area contributed by atoms with Gasteiger partial charge in [-0.15, -0.1) is 0 Å². The molecular weight excluding hydrogens is 246 g/mol. The van der Waals surface area contributed by atoms with Gasteiger partial charge in [0.1, 0.15) is 5.82 Å². The molecule has 3 rings (SSSR count). The standard InChI is InChI=1S/C17H17N3/c1-19-11-12-2-4-13(5-3-12)15-7-6-14-8-9-20-17(18)16(14)10-15/h2-10,19H,11H2,1H3,(H2,18,20). The Morgan fingerprint density at radius 1 is 1.00 bits per heavy atom. The van der Waals surface area contributed by atoms with Crippen molar-refractivity contribution in [3.8, 4) is 11.1 Å². The molecule has 3 N–H and O–H groups in total. The fraction of sp³-hybridized carbons (Fsp3) is 0.118. The van der Waals surface area contributed by atoms with E-state index in [1.807, 2.05) is 13.1 Å². The van der Waals surface area contributed by atoms with Crippen LogP contribution in [0.2, 0.25) is 0 Å². The van der Waals surface area contributed by atoms with Gasteiger partial charge < -0.3 is 11.1 Å². The van der Waals surface area contributed by atoms with Crippen molar-refractivity contribution in [2.75, 3.05) is 12.8 Å². The second kappa shape index (κ2) is 5.31. The van der Waals surface area contributed by atoms with Crippen LogP contribution in [0.5, 0.6) is 0 Å². The second-order valence-electron chi connectivity index (χ2n) is 4.86. The molecule has 100 valence electrons. The van der Waals surface area contributed by atoms with Crippen LogP contribution in [0.25, 0.3) is 21.9 Å². The van der Waals surface area contributed by atoms with Gasteiger partial charge in [-0.1, -0.05) is 36.4 Å². The van der Waals surface area contributed by atoms with Gasteiger partial charge in [0.25, 0.3) is 0 Å². The highest BCUT2D eigenvalue weighted by molar-refractivity contribution is 5.94. The molecule has 1 aromatic heterocycles. The van der Waals surface area contributed by atoms with E-state index in [2.05, 4.69) is 52.8 Å². The minimum atomic E-state index is 0.580. The predicted molar refractivity (Wildman–Crippen MR) is 84.4 cm³/mol. The van der Waals surface area contributed by atoms with Crippen LogP contribution in [0.15, 0.2) is 54.7 Å². The van der Waals surface area contributed by atoms with Gasteiger partial charge >= 0.3 is 0 Å². The first kappa shape index (κ1) is 12.6. The maximum atomic E-state index is 5.95. The molecule has 0 saturated carbocycles. The molecule has 3 heteroatoms. The van der Waals surface area contributed by atoms with Crippen molar-refractivity contribution in [3.05, 3.63) is 60.3 Å². The SMILES string of the molecule is CNCc1ccc(-c2ccc3ccnc(N)c3c2)cc1. The van der Waals surface area contributed by atoms with Crippen LogP contribution in [0.3, 0.4) is 0 Å². The smallest absolute Gasteiger partial charge is 0.131 e. The number of hydrogen-bond acceptors (Lipinski definition) is 3. The Labute approximate surface area is 118 Å². The molecule has 0 fully saturated rings. The zero-order valence-corrected chi connectivity index (χ0v) is 11.4. The summed E-state index contributed by atoms with van der Waals surface area (Å²) in [5.41, 5.74) is 9.57. The van der Waals surface area contributed by atoms with Crippen LogP contribution >= 0.6 is 0 Å². The van der Waals surface area contributed by atoms with Gasteiger partial charge in [0.05, 0.1) is 0 Å². The number of nitrogen functional groups attached to an aromatic ring is 1. The summed E-state index contributed by atoms with van der Waals surface area (Å²) in [5, 5.41) is 5.27. The van der Waals surface area contributed by atoms with E-state index in [0.717, 1.165) is 22.9 Å². The van der Waals surface area contributed by atoms with E-state index >= 15 is 0 Å². The van der Waals surface area contributed by atoms with E-state index in [0.29, 0.717) is 5.82 Å². The van der Waals surface area contributed by atoms with Gasteiger partial charge in [0.2, 0.25) is 0 Å². The van der Waals surface area contributed by atoms with Crippen molar-refractivity contribution in [1.29, 1.82) is 0 Å². The molecule has 20 heavy (non-hydrogen) atoms. The molecule has 0 unspecified atom stereocenters. The van der Waals surface area contributed by atoms with Crippen LogP contribution in [0, 0.1) is 0 Å². The lowest BCUT2D eigenvalue weighted by Crippen LogP contribution is -2.04. The van der Waals surface area contributed by atoms with Crippen LogP contribution in [-0.4, -0.2) is 12.0 Å². The number of pyridine rings is 1. The third kappa shape index (κ3) is 2.36. The molecule has 0 aliphatic heterocycles. The van der Waals surface area contributed by atoms with Gasteiger partial charge in [-0.05, 0) is 41.3 Å². The van der Waals surface area contributed by atoms with Crippen LogP contribution < -0.4 is 11.1 Å². The van der Waals surface area contributed by atoms with Crippen molar-refractivity contribution in [3.63, 3.8) is 0 Å². The summed E-state index contributed by atoms with van der Waals surface area (Å²) < 4.78 is 0. The highest BCUT2D eigenvalue weighted by Crippen LogP contribution is 2.26. The van der Waals surface area contributed by atoms with E-state index in [1.165, 1.54) is 11.1 Å². The Bertz CT molecular complexity index is 733. The minimum Gasteiger partial charge on any atom is -0.383 e. The molecule has 3 aromatic rings. The Balaban J connectivity index is 2.03. The summed E-state index contributed by atoms with van der Waals surface area (Å²) in [4.78, 5) is 4.15. The molecule has 0 atom stereocenters. The Morgan fingerprint density at radius 3 is 2.50 bits per heavy atom. The largest absolute Gasteiger partial charge is 0.383 e. The minimum absolute atomic E-state index is 0.580. The normalized spacial score (nSPS) is 10.8. The molecular formula is C17H17N3. The molecule has 3 nitrogen and oxygen atoms in total. The lowest BCUT2D eigenvalue weighted by Gasteiger charge is -2.07. The first-order valence-electron chi connectivity index (χ1n) is 6.66. The van der Waals surface area contributed by atoms with E-state index in [1.54, 1.807) is 6.20 Å². The fourth-order valence-corrected chi connectivity index (χ4v) is 2.39. The van der Waals surface area contributed by atoms with Crippen molar-refractivity contribution in [2.24, 2.45) is 0 Å². The molecule has 0 bridgehead atoms. The number of nitrogens with one attached hydrogen (secondary N) is 1. The first-order valence-corrected chi connectivity index (χ1v) is 6.66. The third-order valence-corrected chi connectivity index (χ3v) is 3.47. The summed E-state index contributed by atoms with van der Waals surface area (Å²) in [6.07, 6.45) is 1.74. The van der Waals surface area contributed by atoms with Gasteiger partial charge in [0.15, 0.2) is 0 Å². The number of nitrogens with zero attached hydrogens (tertiary/aromatic N) is 1. The maximum absolute atomic E-state index is 5.95. The lowest BCUT2D eigenvalue weighted by molar-refractivity contribution is 0.818. The van der Waals surface area contributed by atoms with E-state index in [-0.39, 0.29) is 0 Å². The van der Waals surface area contributed by atoms with Crippen LogP contribution in [0.4, 0.5) is 5.82 Å². The Kier molecular flexibility index (Phi) is 3.35. The molecule has 0 saturated heterocycles. The van der Waals surface area contributed by atoms with Crippen LogP contribution in [0.1, 0.15) is 5.56 Å². The van der Waals surface area contributed by atoms with Crippen molar-refractivity contribution in [2.45, 2.75) is 6.54 Å². The Hall–Kier alpha value is -2.39. The molecule has 0 radical (unpaired) electrons. The molecule has 2 aromatic carbocycles. The van der Waals surface area contributed by atoms with Gasteiger partial charge in [-0.25, -0.2) is 4.98 Å². The van der Waals surface area contributed by atoms with Crippen molar-refractivity contribution in [1.82, 2.24) is 10.3 Å². The predicted octanol–water partition coefficient (Wildman–Crippen LogP) is 3.20. The topological polar surface area (TPSA) is 50.9 Å². The first-order chi connectivity index (χ1) is 9.78. The summed E-state index contributed by atoms with van der Waals surface area (Å²) in [6, 6.07) is 16.8. The summed E-state index contributed by atoms with van der Waals surface area (Å²) in [7, 11) is 1.95. The van der Waals surface area contributed by atoms with Gasteiger partial charge in [-0.2, -0.15) is 0 Å². The molecule has 0 spiro atoms. The van der Waals surface area contributed by atoms with Gasteiger partial charge in [-0.3, -0.25) is 0 Å². The molecule has 0 aliphatic rings. The van der Waals surface area contributed by atoms with Crippen LogP contribution in [-0.2, 0) is 6.54 Å². The average Bonchev–Trinajstić information content (AvgIpc) is 2.49. The number of benzene rings is 2. The zero-order valence-electron chi connectivity index (χ0n) is 11.4. The monoisotopic (exact) mass is 263 g/mol. The molecule has 0 aliphatic carbocycles. The number of rotatable bonds is 3. The quantitative estimate of drug-likeness (QED) is 0.763. The van der Waals surface area contributed by atoms with Gasteiger partial charge in [0, 0.05) is 18.1 Å². The number of hydrogen-bond donors (Lipinski definition) is 2. The lowest BCUT2D eigenvalue weighted by atomic mass is 10.0. The number of fused-ring (bicyclic) bond motifs is 1. The summed E-state index contributed by atoms with van der Waals surface area (Å²) in [5.74, 6) is 0.580. The molecule has 1 heterocycles. The number of anilines is 1. The second-order valence-corrected chi connectivity index (χ2v) is 4.86. The van der Waals surface area contributed by atoms with E-state index in [4.69, 9.17) is 5.73 Å². The summed E-state index contributed by atoms with van der Waals surface area (Å²) in [6.45, 7) is 0.884. The maximum Gasteiger partial charge on any atom is 0.131 e. The average molecular weight is 263 g/mol. The Morgan fingerprint density at radius 2 is 1.75 bits per heavy atom. The van der Waals surface area contributed by atoms with Crippen molar-refractivity contribution >= 4 is 16.6 Å². The van der Waals surface area contributed by atoms with E-state index in [9.17, 15) is 0 Å². The van der Waals surface area contributed by atoms with Crippen molar-refractivity contribution < 1.29 is 0 Å². The third-order valence-electron chi connectivity index (χ3n) is 3.47. The highest BCUT2D eigenvalue weighted by Gasteiger charge is 2.03. The summed E-state index contributed by atoms with van der Waals surface area (Å²) >= 11 is 0. The highest BCUT2D eigenvalue weighted by atomic mass is 14.8.